The third kappa shape index (κ3) is 5.32. The Hall–Kier alpha value is -3.45. The Morgan fingerprint density at radius 3 is 2.81 bits per heavy atom. The van der Waals surface area contributed by atoms with Crippen molar-refractivity contribution < 1.29 is 32.6 Å². The third-order valence-electron chi connectivity index (χ3n) is 5.96. The fourth-order valence-corrected chi connectivity index (χ4v) is 5.66. The Bertz CT molecular complexity index is 1370. The van der Waals surface area contributed by atoms with E-state index in [1.807, 2.05) is 0 Å². The summed E-state index contributed by atoms with van der Waals surface area (Å²) in [4.78, 5) is 41.3. The lowest BCUT2D eigenvalue weighted by atomic mass is 9.98. The van der Waals surface area contributed by atoms with Crippen molar-refractivity contribution in [3.8, 4) is 5.75 Å². The highest BCUT2D eigenvalue weighted by Crippen LogP contribution is 2.51. The van der Waals surface area contributed by atoms with Gasteiger partial charge in [0.2, 0.25) is 0 Å². The molecule has 2 aliphatic rings. The smallest absolute Gasteiger partial charge is 0.459 e. The van der Waals surface area contributed by atoms with Crippen LogP contribution in [0.3, 0.4) is 0 Å². The van der Waals surface area contributed by atoms with Crippen LogP contribution in [0.2, 0.25) is 0 Å². The third-order valence-corrected chi connectivity index (χ3v) is 7.58. The number of hydrogen-bond donors (Lipinski definition) is 2. The van der Waals surface area contributed by atoms with Crippen molar-refractivity contribution in [2.45, 2.75) is 43.9 Å². The van der Waals surface area contributed by atoms with Crippen LogP contribution in [0.5, 0.6) is 5.75 Å². The molecule has 0 radical (unpaired) electrons. The van der Waals surface area contributed by atoms with E-state index in [9.17, 15) is 24.5 Å². The molecule has 198 valence electrons. The fraction of sp³-hybridized carbons (Fsp3) is 0.476. The number of ether oxygens (including phenoxy) is 3. The minimum absolute atomic E-state index is 0.118. The van der Waals surface area contributed by atoms with Gasteiger partial charge in [0, 0.05) is 16.7 Å². The number of benzene rings is 1. The van der Waals surface area contributed by atoms with Crippen LogP contribution >= 0.6 is 7.75 Å². The second-order valence-electron chi connectivity index (χ2n) is 8.53. The van der Waals surface area contributed by atoms with E-state index in [-0.39, 0.29) is 17.9 Å². The number of aryl methyl sites for hydroxylation is 1. The van der Waals surface area contributed by atoms with E-state index in [1.54, 1.807) is 30.3 Å². The van der Waals surface area contributed by atoms with E-state index in [1.165, 1.54) is 27.2 Å². The van der Waals surface area contributed by atoms with Gasteiger partial charge in [-0.1, -0.05) is 23.3 Å². The minimum Gasteiger partial charge on any atom is -0.468 e. The molecule has 6 atom stereocenters. The molecule has 0 amide bonds. The first-order valence-corrected chi connectivity index (χ1v) is 12.7. The zero-order chi connectivity index (χ0) is 26.8. The van der Waals surface area contributed by atoms with Crippen LogP contribution in [-0.2, 0) is 28.1 Å². The molecule has 4 rings (SSSR count). The molecule has 2 saturated heterocycles. The molecule has 1 aromatic carbocycles. The molecule has 2 aromatic rings. The largest absolute Gasteiger partial charge is 0.468 e. The summed E-state index contributed by atoms with van der Waals surface area (Å²) in [5.74, 6) is -0.514. The quantitative estimate of drug-likeness (QED) is 0.148. The van der Waals surface area contributed by atoms with E-state index < -0.39 is 61.6 Å². The summed E-state index contributed by atoms with van der Waals surface area (Å²) in [5.41, 5.74) is 6.65. The molecule has 2 unspecified atom stereocenters. The summed E-state index contributed by atoms with van der Waals surface area (Å²) in [6.07, 6.45) is -0.674. The van der Waals surface area contributed by atoms with Gasteiger partial charge in [0.1, 0.15) is 29.5 Å². The fourth-order valence-electron chi connectivity index (χ4n) is 4.11. The van der Waals surface area contributed by atoms with E-state index >= 15 is 0 Å². The van der Waals surface area contributed by atoms with Gasteiger partial charge in [-0.3, -0.25) is 23.7 Å². The zero-order valence-corrected chi connectivity index (χ0v) is 21.0. The van der Waals surface area contributed by atoms with Crippen LogP contribution in [0, 0.1) is 6.92 Å². The molecular weight excluding hydrogens is 511 g/mol. The molecule has 15 nitrogen and oxygen atoms in total. The van der Waals surface area contributed by atoms with E-state index in [0.29, 0.717) is 0 Å². The Morgan fingerprint density at radius 1 is 1.41 bits per heavy atom. The van der Waals surface area contributed by atoms with Gasteiger partial charge in [0.25, 0.3) is 5.56 Å². The molecule has 0 saturated carbocycles. The number of methoxy groups -OCH3 is 1. The first-order valence-electron chi connectivity index (χ1n) is 11.1. The number of carbonyl (C=O) groups is 1. The molecule has 2 N–H and O–H groups in total. The van der Waals surface area contributed by atoms with Crippen molar-refractivity contribution in [1.82, 2.24) is 14.6 Å². The highest BCUT2D eigenvalue weighted by atomic mass is 31.2. The normalized spacial score (nSPS) is 26.6. The van der Waals surface area contributed by atoms with Crippen LogP contribution in [0.15, 0.2) is 51.2 Å². The van der Waals surface area contributed by atoms with Gasteiger partial charge >= 0.3 is 19.4 Å². The van der Waals surface area contributed by atoms with Gasteiger partial charge in [0.15, 0.2) is 6.23 Å². The molecule has 2 fully saturated rings. The topological polar surface area (TPSA) is 196 Å². The number of esters is 1. The number of nitrogens with one attached hydrogen (secondary N) is 2. The molecule has 0 spiro atoms. The molecule has 16 heteroatoms. The molecule has 37 heavy (non-hydrogen) atoms. The van der Waals surface area contributed by atoms with Crippen molar-refractivity contribution in [1.29, 1.82) is 0 Å². The second-order valence-corrected chi connectivity index (χ2v) is 10.2. The molecule has 1 aromatic heterocycles. The van der Waals surface area contributed by atoms with Gasteiger partial charge in [0.05, 0.1) is 20.3 Å². The number of aromatic nitrogens is 2. The maximum Gasteiger partial charge on any atom is 0.459 e. The summed E-state index contributed by atoms with van der Waals surface area (Å²) in [6.45, 7) is 2.34. The Balaban J connectivity index is 1.63. The molecule has 2 aliphatic heterocycles. The summed E-state index contributed by atoms with van der Waals surface area (Å²) >= 11 is 0. The van der Waals surface area contributed by atoms with Crippen LogP contribution in [0.25, 0.3) is 10.4 Å². The first-order chi connectivity index (χ1) is 17.6. The van der Waals surface area contributed by atoms with E-state index in [0.717, 1.165) is 4.57 Å². The molecule has 0 aliphatic carbocycles. The van der Waals surface area contributed by atoms with Gasteiger partial charge in [-0.25, -0.2) is 9.36 Å². The highest BCUT2D eigenvalue weighted by Gasteiger charge is 2.63. The summed E-state index contributed by atoms with van der Waals surface area (Å²) in [6, 6.07) is 6.08. The van der Waals surface area contributed by atoms with Crippen molar-refractivity contribution in [3.05, 3.63) is 73.4 Å². The first kappa shape index (κ1) is 26.6. The van der Waals surface area contributed by atoms with Gasteiger partial charge < -0.3 is 18.7 Å². The monoisotopic (exact) mass is 536 g/mol. The molecule has 2 bridgehead atoms. The maximum atomic E-state index is 13.7. The minimum atomic E-state index is -4.25. The van der Waals surface area contributed by atoms with Crippen LogP contribution in [0.1, 0.15) is 18.7 Å². The number of carbonyl (C=O) groups excluding carboxylic acids is 1. The second kappa shape index (κ2) is 10.5. The Labute approximate surface area is 209 Å². The lowest BCUT2D eigenvalue weighted by Crippen LogP contribution is -2.46. The van der Waals surface area contributed by atoms with E-state index in [2.05, 4.69) is 24.8 Å². The molecule has 3 heterocycles. The zero-order valence-electron chi connectivity index (χ0n) is 20.1. The van der Waals surface area contributed by atoms with Gasteiger partial charge in [-0.05, 0) is 31.5 Å². The Morgan fingerprint density at radius 2 is 2.14 bits per heavy atom. The molecular formula is C21H25N6O9P. The van der Waals surface area contributed by atoms with Crippen molar-refractivity contribution in [2.75, 3.05) is 20.3 Å². The maximum absolute atomic E-state index is 13.7. The van der Waals surface area contributed by atoms with E-state index in [4.69, 9.17) is 18.5 Å². The van der Waals surface area contributed by atoms with Gasteiger partial charge in [-0.15, -0.1) is 0 Å². The predicted molar refractivity (Wildman–Crippen MR) is 127 cm³/mol. The average molecular weight is 536 g/mol. The predicted octanol–water partition coefficient (Wildman–Crippen LogP) is 1.55. The lowest BCUT2D eigenvalue weighted by Gasteiger charge is -2.33. The summed E-state index contributed by atoms with van der Waals surface area (Å²) in [7, 11) is -3.08. The number of nitrogens with zero attached hydrogens (tertiary/aromatic N) is 4. The van der Waals surface area contributed by atoms with Gasteiger partial charge in [-0.2, -0.15) is 5.09 Å². The number of fused-ring (bicyclic) bond motifs is 2. The van der Waals surface area contributed by atoms with Crippen LogP contribution < -0.4 is 20.9 Å². The number of para-hydroxylation sites is 1. The van der Waals surface area contributed by atoms with Crippen LogP contribution in [-0.4, -0.2) is 59.6 Å². The standard InChI is InChI=1S/C21H25N6O9P/c1-12-9-27(20(30)23-17(12)28)18-15-16(24-26-22)21(35-18,10-33-15)11-34-37(31,25-13(2)19(29)32-3)36-14-7-5-4-6-8-14/h4-9,13,15-16,18H,10-11H2,1-3H3,(H,25,31)(H,23,28,30)/t13?,15-,16+,18-,21-,37?/m1/s1. The SMILES string of the molecule is COC(=O)C(C)NP(=O)(OC[C@@]12CO[C@@H]([C@H](n3cc(C)c(=O)[nH]c3=O)O1)[C@@H]2N=[N+]=[N-])Oc1ccccc1. The number of azide groups is 1. The number of H-pyrrole nitrogens is 1. The van der Waals surface area contributed by atoms with Crippen molar-refractivity contribution in [3.63, 3.8) is 0 Å². The number of aromatic amines is 1. The average Bonchev–Trinajstić information content (AvgIpc) is 3.37. The summed E-state index contributed by atoms with van der Waals surface area (Å²) in [5, 5.41) is 6.32. The number of hydrogen-bond acceptors (Lipinski definition) is 10. The lowest BCUT2D eigenvalue weighted by molar-refractivity contribution is -0.183. The van der Waals surface area contributed by atoms with Crippen LogP contribution in [0.4, 0.5) is 0 Å². The Kier molecular flexibility index (Phi) is 7.55. The van der Waals surface area contributed by atoms with Crippen molar-refractivity contribution >= 4 is 13.7 Å². The number of rotatable bonds is 10. The summed E-state index contributed by atoms with van der Waals surface area (Å²) < 4.78 is 42.8. The van der Waals surface area contributed by atoms with Crippen molar-refractivity contribution in [2.24, 2.45) is 5.11 Å². The highest BCUT2D eigenvalue weighted by molar-refractivity contribution is 7.52.